The van der Waals surface area contributed by atoms with Gasteiger partial charge in [-0.15, -0.1) is 0 Å². The highest BCUT2D eigenvalue weighted by Crippen LogP contribution is 2.18. The first-order valence-electron chi connectivity index (χ1n) is 6.45. The molecule has 2 N–H and O–H groups in total. The van der Waals surface area contributed by atoms with Gasteiger partial charge in [0.15, 0.2) is 5.96 Å². The van der Waals surface area contributed by atoms with Crippen molar-refractivity contribution in [2.75, 3.05) is 13.1 Å². The van der Waals surface area contributed by atoms with Gasteiger partial charge < -0.3 is 10.6 Å². The predicted molar refractivity (Wildman–Crippen MR) is 73.8 cm³/mol. The molecule has 0 unspecified atom stereocenters. The number of likely N-dealkylation sites (tertiary alicyclic amines) is 1. The third kappa shape index (κ3) is 3.43. The number of hydrogen-bond acceptors (Lipinski definition) is 3. The van der Waals surface area contributed by atoms with E-state index in [1.807, 2.05) is 4.90 Å². The molecular formula is C13H18N4O2. The Morgan fingerprint density at radius 3 is 2.68 bits per heavy atom. The number of nitro benzene ring substituents is 1. The van der Waals surface area contributed by atoms with Crippen LogP contribution < -0.4 is 5.73 Å². The van der Waals surface area contributed by atoms with Crippen molar-refractivity contribution >= 4 is 11.6 Å². The zero-order chi connectivity index (χ0) is 13.7. The summed E-state index contributed by atoms with van der Waals surface area (Å²) in [5.41, 5.74) is 6.61. The fraction of sp³-hybridized carbons (Fsp3) is 0.462. The van der Waals surface area contributed by atoms with Crippen molar-refractivity contribution in [3.8, 4) is 0 Å². The molecule has 6 nitrogen and oxygen atoms in total. The minimum Gasteiger partial charge on any atom is -0.370 e. The maximum atomic E-state index is 10.9. The number of rotatable bonds is 3. The lowest BCUT2D eigenvalue weighted by Gasteiger charge is -2.27. The molecule has 102 valence electrons. The highest BCUT2D eigenvalue weighted by atomic mass is 16.6. The van der Waals surface area contributed by atoms with Crippen molar-refractivity contribution < 1.29 is 4.92 Å². The van der Waals surface area contributed by atoms with Crippen LogP contribution in [0.1, 0.15) is 24.8 Å². The lowest BCUT2D eigenvalue weighted by molar-refractivity contribution is -0.385. The molecule has 6 heteroatoms. The van der Waals surface area contributed by atoms with E-state index in [9.17, 15) is 10.1 Å². The van der Waals surface area contributed by atoms with Gasteiger partial charge in [-0.05, 0) is 19.3 Å². The number of nitro groups is 1. The van der Waals surface area contributed by atoms with E-state index in [-0.39, 0.29) is 17.2 Å². The number of nitrogens with zero attached hydrogens (tertiary/aromatic N) is 3. The van der Waals surface area contributed by atoms with Gasteiger partial charge in [0.1, 0.15) is 0 Å². The molecule has 1 aromatic carbocycles. The van der Waals surface area contributed by atoms with Crippen molar-refractivity contribution in [3.05, 3.63) is 39.9 Å². The summed E-state index contributed by atoms with van der Waals surface area (Å²) in [7, 11) is 0. The quantitative estimate of drug-likeness (QED) is 0.390. The van der Waals surface area contributed by atoms with Gasteiger partial charge in [0, 0.05) is 19.2 Å². The number of nitrogens with two attached hydrogens (primary N) is 1. The van der Waals surface area contributed by atoms with E-state index in [4.69, 9.17) is 5.73 Å². The van der Waals surface area contributed by atoms with E-state index >= 15 is 0 Å². The van der Waals surface area contributed by atoms with Gasteiger partial charge in [-0.3, -0.25) is 10.1 Å². The lowest BCUT2D eigenvalue weighted by atomic mass is 10.1. The van der Waals surface area contributed by atoms with Crippen molar-refractivity contribution in [2.24, 2.45) is 10.7 Å². The van der Waals surface area contributed by atoms with Gasteiger partial charge in [0.25, 0.3) is 5.69 Å². The molecular weight excluding hydrogens is 244 g/mol. The highest BCUT2D eigenvalue weighted by Gasteiger charge is 2.14. The van der Waals surface area contributed by atoms with Gasteiger partial charge in [-0.25, -0.2) is 4.99 Å². The van der Waals surface area contributed by atoms with Crippen LogP contribution in [0.5, 0.6) is 0 Å². The molecule has 1 heterocycles. The first kappa shape index (κ1) is 13.3. The summed E-state index contributed by atoms with van der Waals surface area (Å²) in [6, 6.07) is 6.63. The summed E-state index contributed by atoms with van der Waals surface area (Å²) in [5, 5.41) is 10.9. The minimum absolute atomic E-state index is 0.0951. The third-order valence-corrected chi connectivity index (χ3v) is 3.28. The Morgan fingerprint density at radius 2 is 2.00 bits per heavy atom. The van der Waals surface area contributed by atoms with Crippen LogP contribution in [-0.4, -0.2) is 28.9 Å². The fourth-order valence-electron chi connectivity index (χ4n) is 2.21. The second kappa shape index (κ2) is 6.17. The minimum atomic E-state index is -0.387. The zero-order valence-electron chi connectivity index (χ0n) is 10.8. The number of piperidine rings is 1. The summed E-state index contributed by atoms with van der Waals surface area (Å²) < 4.78 is 0. The van der Waals surface area contributed by atoms with Crippen LogP contribution >= 0.6 is 0 Å². The molecule has 1 saturated heterocycles. The number of para-hydroxylation sites is 1. The predicted octanol–water partition coefficient (Wildman–Crippen LogP) is 1.90. The van der Waals surface area contributed by atoms with E-state index < -0.39 is 0 Å². The number of aliphatic imine (C=N–C) groups is 1. The normalized spacial score (nSPS) is 16.4. The Balaban J connectivity index is 2.06. The summed E-state index contributed by atoms with van der Waals surface area (Å²) in [6.45, 7) is 2.10. The van der Waals surface area contributed by atoms with Gasteiger partial charge >= 0.3 is 0 Å². The van der Waals surface area contributed by atoms with E-state index in [0.717, 1.165) is 25.9 Å². The van der Waals surface area contributed by atoms with Crippen LogP contribution in [-0.2, 0) is 6.54 Å². The molecule has 1 aliphatic rings. The van der Waals surface area contributed by atoms with Crippen LogP contribution in [0.25, 0.3) is 0 Å². The largest absolute Gasteiger partial charge is 0.370 e. The smallest absolute Gasteiger partial charge is 0.274 e. The van der Waals surface area contributed by atoms with Crippen LogP contribution in [0.15, 0.2) is 29.3 Å². The Hall–Kier alpha value is -2.11. The van der Waals surface area contributed by atoms with Gasteiger partial charge in [-0.1, -0.05) is 18.2 Å². The SMILES string of the molecule is NC(=NCc1ccccc1[N+](=O)[O-])N1CCCCC1. The Bertz CT molecular complexity index is 481. The topological polar surface area (TPSA) is 84.8 Å². The maximum absolute atomic E-state index is 10.9. The molecule has 0 atom stereocenters. The first-order chi connectivity index (χ1) is 9.18. The van der Waals surface area contributed by atoms with Crippen LogP contribution in [0.2, 0.25) is 0 Å². The standard InChI is InChI=1S/C13H18N4O2/c14-13(16-8-4-1-5-9-16)15-10-11-6-2-3-7-12(11)17(18)19/h2-3,6-7H,1,4-5,8-10H2,(H2,14,15). The summed E-state index contributed by atoms with van der Waals surface area (Å²) >= 11 is 0. The maximum Gasteiger partial charge on any atom is 0.274 e. The second-order valence-electron chi connectivity index (χ2n) is 4.61. The van der Waals surface area contributed by atoms with Crippen molar-refractivity contribution in [1.82, 2.24) is 4.90 Å². The molecule has 1 fully saturated rings. The monoisotopic (exact) mass is 262 g/mol. The highest BCUT2D eigenvalue weighted by molar-refractivity contribution is 5.78. The Labute approximate surface area is 112 Å². The van der Waals surface area contributed by atoms with Gasteiger partial charge in [0.2, 0.25) is 0 Å². The fourth-order valence-corrected chi connectivity index (χ4v) is 2.21. The molecule has 0 saturated carbocycles. The molecule has 0 amide bonds. The lowest BCUT2D eigenvalue weighted by Crippen LogP contribution is -2.40. The second-order valence-corrected chi connectivity index (χ2v) is 4.61. The van der Waals surface area contributed by atoms with Crippen LogP contribution in [0.3, 0.4) is 0 Å². The number of guanidine groups is 1. The van der Waals surface area contributed by atoms with Crippen molar-refractivity contribution in [1.29, 1.82) is 0 Å². The summed E-state index contributed by atoms with van der Waals surface area (Å²) in [5.74, 6) is 0.484. The van der Waals surface area contributed by atoms with Crippen molar-refractivity contribution in [2.45, 2.75) is 25.8 Å². The molecule has 2 rings (SSSR count). The zero-order valence-corrected chi connectivity index (χ0v) is 10.8. The molecule has 0 aromatic heterocycles. The summed E-state index contributed by atoms with van der Waals surface area (Å²) in [4.78, 5) is 16.8. The van der Waals surface area contributed by atoms with Gasteiger partial charge in [0.05, 0.1) is 17.0 Å². The van der Waals surface area contributed by atoms with Gasteiger partial charge in [-0.2, -0.15) is 0 Å². The number of benzene rings is 1. The van der Waals surface area contributed by atoms with Crippen LogP contribution in [0.4, 0.5) is 5.69 Å². The molecule has 0 radical (unpaired) electrons. The number of hydrogen-bond donors (Lipinski definition) is 1. The average molecular weight is 262 g/mol. The first-order valence-corrected chi connectivity index (χ1v) is 6.45. The summed E-state index contributed by atoms with van der Waals surface area (Å²) in [6.07, 6.45) is 3.48. The molecule has 0 bridgehead atoms. The van der Waals surface area contributed by atoms with E-state index in [2.05, 4.69) is 4.99 Å². The molecule has 0 spiro atoms. The Kier molecular flexibility index (Phi) is 4.33. The third-order valence-electron chi connectivity index (χ3n) is 3.28. The van der Waals surface area contributed by atoms with Crippen molar-refractivity contribution in [3.63, 3.8) is 0 Å². The molecule has 1 aliphatic heterocycles. The molecule has 19 heavy (non-hydrogen) atoms. The molecule has 0 aliphatic carbocycles. The average Bonchev–Trinajstić information content (AvgIpc) is 2.46. The van der Waals surface area contributed by atoms with E-state index in [1.165, 1.54) is 12.5 Å². The van der Waals surface area contributed by atoms with Crippen LogP contribution in [0, 0.1) is 10.1 Å². The van der Waals surface area contributed by atoms with E-state index in [1.54, 1.807) is 18.2 Å². The molecule has 1 aromatic rings. The Morgan fingerprint density at radius 1 is 1.32 bits per heavy atom. The van der Waals surface area contributed by atoms with E-state index in [0.29, 0.717) is 11.5 Å².